The van der Waals surface area contributed by atoms with Gasteiger partial charge in [-0.1, -0.05) is 17.7 Å². The summed E-state index contributed by atoms with van der Waals surface area (Å²) < 4.78 is 58.8. The van der Waals surface area contributed by atoms with Gasteiger partial charge < -0.3 is 9.73 Å². The second kappa shape index (κ2) is 8.12. The predicted octanol–water partition coefficient (Wildman–Crippen LogP) is 4.16. The van der Waals surface area contributed by atoms with Gasteiger partial charge in [-0.2, -0.15) is 0 Å². The van der Waals surface area contributed by atoms with Gasteiger partial charge in [0, 0.05) is 11.6 Å². The third-order valence-corrected chi connectivity index (χ3v) is 6.34. The van der Waals surface area contributed by atoms with Crippen molar-refractivity contribution in [3.63, 3.8) is 0 Å². The Morgan fingerprint density at radius 2 is 1.68 bits per heavy atom. The Kier molecular flexibility index (Phi) is 5.81. The van der Waals surface area contributed by atoms with Crippen molar-refractivity contribution >= 4 is 27.3 Å². The molecule has 3 rings (SSSR count). The maximum absolute atomic E-state index is 13.8. The molecule has 1 amide bonds. The molecule has 0 saturated carbocycles. The van der Waals surface area contributed by atoms with Crippen LogP contribution in [0.5, 0.6) is 0 Å². The van der Waals surface area contributed by atoms with Crippen LogP contribution in [-0.4, -0.2) is 20.9 Å². The summed E-state index contributed by atoms with van der Waals surface area (Å²) >= 11 is 5.80. The second-order valence-corrected chi connectivity index (χ2v) is 8.38. The third kappa shape index (κ3) is 4.07. The monoisotopic (exact) mass is 425 g/mol. The molecule has 9 heteroatoms. The first-order chi connectivity index (χ1) is 13.3. The molecule has 0 fully saturated rings. The van der Waals surface area contributed by atoms with Gasteiger partial charge in [0.05, 0.1) is 11.2 Å². The van der Waals surface area contributed by atoms with Gasteiger partial charge in [-0.05, 0) is 48.5 Å². The number of hydrogen-bond donors (Lipinski definition) is 1. The lowest BCUT2D eigenvalue weighted by Gasteiger charge is -2.17. The molecule has 1 unspecified atom stereocenters. The van der Waals surface area contributed by atoms with Crippen molar-refractivity contribution in [3.05, 3.63) is 88.8 Å². The van der Waals surface area contributed by atoms with E-state index in [0.29, 0.717) is 5.02 Å². The van der Waals surface area contributed by atoms with E-state index in [-0.39, 0.29) is 10.7 Å². The SMILES string of the molecule is O=C(NCC(c1ccco1)S(=O)(=O)c1ccc(Cl)cc1)c1c(F)cccc1F. The van der Waals surface area contributed by atoms with Gasteiger partial charge in [0.25, 0.3) is 5.91 Å². The van der Waals surface area contributed by atoms with Gasteiger partial charge in [-0.3, -0.25) is 4.79 Å². The van der Waals surface area contributed by atoms with Crippen LogP contribution in [0.3, 0.4) is 0 Å². The summed E-state index contributed by atoms with van der Waals surface area (Å²) in [6, 6.07) is 11.4. The number of benzene rings is 2. The Labute approximate surface area is 164 Å². The number of halogens is 3. The molecule has 28 heavy (non-hydrogen) atoms. The predicted molar refractivity (Wildman–Crippen MR) is 98.8 cm³/mol. The first-order valence-electron chi connectivity index (χ1n) is 8.06. The molecule has 2 aromatic carbocycles. The van der Waals surface area contributed by atoms with E-state index < -0.39 is 44.7 Å². The fourth-order valence-electron chi connectivity index (χ4n) is 2.61. The standard InChI is InChI=1S/C19H14ClF2NO4S/c20-12-6-8-13(9-7-12)28(25,26)17(16-5-2-10-27-16)11-23-19(24)18-14(21)3-1-4-15(18)22/h1-10,17H,11H2,(H,23,24). The van der Waals surface area contributed by atoms with Gasteiger partial charge in [0.2, 0.25) is 0 Å². The highest BCUT2D eigenvalue weighted by molar-refractivity contribution is 7.91. The maximum Gasteiger partial charge on any atom is 0.257 e. The van der Waals surface area contributed by atoms with Crippen LogP contribution in [-0.2, 0) is 9.84 Å². The second-order valence-electron chi connectivity index (χ2n) is 5.81. The van der Waals surface area contributed by atoms with Crippen LogP contribution in [0.15, 0.2) is 70.2 Å². The summed E-state index contributed by atoms with van der Waals surface area (Å²) in [6.07, 6.45) is 1.29. The summed E-state index contributed by atoms with van der Waals surface area (Å²) in [5, 5.41) is 1.33. The van der Waals surface area contributed by atoms with Crippen molar-refractivity contribution in [2.24, 2.45) is 0 Å². The molecular weight excluding hydrogens is 412 g/mol. The molecule has 1 N–H and O–H groups in total. The minimum absolute atomic E-state index is 0.0374. The minimum atomic E-state index is -3.99. The lowest BCUT2D eigenvalue weighted by Crippen LogP contribution is -2.32. The van der Waals surface area contributed by atoms with Crippen LogP contribution in [0.4, 0.5) is 8.78 Å². The van der Waals surface area contributed by atoms with Gasteiger partial charge in [0.15, 0.2) is 9.84 Å². The zero-order chi connectivity index (χ0) is 20.3. The highest BCUT2D eigenvalue weighted by atomic mass is 35.5. The van der Waals surface area contributed by atoms with Crippen molar-refractivity contribution in [3.8, 4) is 0 Å². The Balaban J connectivity index is 1.90. The van der Waals surface area contributed by atoms with E-state index in [4.69, 9.17) is 16.0 Å². The molecule has 0 spiro atoms. The zero-order valence-electron chi connectivity index (χ0n) is 14.2. The summed E-state index contributed by atoms with van der Waals surface area (Å²) in [7, 11) is -3.99. The zero-order valence-corrected chi connectivity index (χ0v) is 15.8. The number of carbonyl (C=O) groups excluding carboxylic acids is 1. The topological polar surface area (TPSA) is 76.4 Å². The molecule has 146 valence electrons. The van der Waals surface area contributed by atoms with Gasteiger partial charge in [0.1, 0.15) is 28.2 Å². The largest absolute Gasteiger partial charge is 0.468 e. The molecule has 1 atom stereocenters. The molecule has 0 bridgehead atoms. The van der Waals surface area contributed by atoms with E-state index >= 15 is 0 Å². The summed E-state index contributed by atoms with van der Waals surface area (Å²) in [6.45, 7) is -0.453. The van der Waals surface area contributed by atoms with E-state index in [1.54, 1.807) is 0 Å². The van der Waals surface area contributed by atoms with Crippen LogP contribution < -0.4 is 5.32 Å². The first kappa shape index (κ1) is 20.0. The van der Waals surface area contributed by atoms with Crippen molar-refractivity contribution < 1.29 is 26.4 Å². The average Bonchev–Trinajstić information content (AvgIpc) is 3.16. The summed E-state index contributed by atoms with van der Waals surface area (Å²) in [4.78, 5) is 12.2. The van der Waals surface area contributed by atoms with Crippen molar-refractivity contribution in [1.82, 2.24) is 5.32 Å². The van der Waals surface area contributed by atoms with Crippen LogP contribution in [0, 0.1) is 11.6 Å². The molecule has 0 aliphatic rings. The Morgan fingerprint density at radius 1 is 1.04 bits per heavy atom. The van der Waals surface area contributed by atoms with Gasteiger partial charge in [-0.25, -0.2) is 17.2 Å². The quantitative estimate of drug-likeness (QED) is 0.643. The third-order valence-electron chi connectivity index (χ3n) is 4.02. The van der Waals surface area contributed by atoms with Crippen LogP contribution in [0.1, 0.15) is 21.4 Å². The van der Waals surface area contributed by atoms with E-state index in [0.717, 1.165) is 18.2 Å². The average molecular weight is 426 g/mol. The minimum Gasteiger partial charge on any atom is -0.468 e. The number of sulfone groups is 1. The highest BCUT2D eigenvalue weighted by Gasteiger charge is 2.32. The van der Waals surface area contributed by atoms with Crippen molar-refractivity contribution in [2.45, 2.75) is 10.1 Å². The van der Waals surface area contributed by atoms with Crippen LogP contribution in [0.25, 0.3) is 0 Å². The maximum atomic E-state index is 13.8. The molecule has 3 aromatic rings. The van der Waals surface area contributed by atoms with Crippen LogP contribution in [0.2, 0.25) is 5.02 Å². The van der Waals surface area contributed by atoms with E-state index in [1.807, 2.05) is 0 Å². The van der Waals surface area contributed by atoms with E-state index in [9.17, 15) is 22.0 Å². The van der Waals surface area contributed by atoms with Crippen molar-refractivity contribution in [1.29, 1.82) is 0 Å². The molecule has 1 heterocycles. The summed E-state index contributed by atoms with van der Waals surface area (Å²) in [5.41, 5.74) is -0.787. The number of amides is 1. The number of nitrogens with one attached hydrogen (secondary N) is 1. The number of hydrogen-bond acceptors (Lipinski definition) is 4. The molecule has 0 saturated heterocycles. The number of furan rings is 1. The molecule has 0 aliphatic carbocycles. The van der Waals surface area contributed by atoms with E-state index in [1.165, 1.54) is 42.7 Å². The van der Waals surface area contributed by atoms with E-state index in [2.05, 4.69) is 5.32 Å². The smallest absolute Gasteiger partial charge is 0.257 e. The lowest BCUT2D eigenvalue weighted by atomic mass is 10.2. The molecule has 1 aromatic heterocycles. The molecular formula is C19H14ClF2NO4S. The Hall–Kier alpha value is -2.71. The van der Waals surface area contributed by atoms with Crippen molar-refractivity contribution in [2.75, 3.05) is 6.54 Å². The van der Waals surface area contributed by atoms with Gasteiger partial charge >= 0.3 is 0 Å². The first-order valence-corrected chi connectivity index (χ1v) is 9.98. The fourth-order valence-corrected chi connectivity index (χ4v) is 4.33. The fraction of sp³-hybridized carbons (Fsp3) is 0.105. The van der Waals surface area contributed by atoms with Gasteiger partial charge in [-0.15, -0.1) is 0 Å². The molecule has 5 nitrogen and oxygen atoms in total. The number of carbonyl (C=O) groups is 1. The molecule has 0 aliphatic heterocycles. The Bertz CT molecular complexity index is 1060. The lowest BCUT2D eigenvalue weighted by molar-refractivity contribution is 0.0945. The number of rotatable bonds is 6. The normalized spacial score (nSPS) is 12.5. The van der Waals surface area contributed by atoms with Crippen LogP contribution >= 0.6 is 11.6 Å². The highest BCUT2D eigenvalue weighted by Crippen LogP contribution is 2.29. The Morgan fingerprint density at radius 3 is 2.25 bits per heavy atom. The summed E-state index contributed by atoms with van der Waals surface area (Å²) in [5.74, 6) is -3.09. The molecule has 0 radical (unpaired) electrons.